The van der Waals surface area contributed by atoms with E-state index in [0.29, 0.717) is 12.5 Å². The molecular formula is C13H19F3OSi. The summed E-state index contributed by atoms with van der Waals surface area (Å²) in [5, 5.41) is 0. The molecule has 0 aliphatic rings. The molecule has 0 unspecified atom stereocenters. The summed E-state index contributed by atoms with van der Waals surface area (Å²) >= 11 is 0. The first-order valence-electron chi connectivity index (χ1n) is 6.16. The zero-order valence-electron chi connectivity index (χ0n) is 11.0. The first-order chi connectivity index (χ1) is 8.48. The first-order valence-corrected chi connectivity index (χ1v) is 8.69. The van der Waals surface area contributed by atoms with E-state index in [2.05, 4.69) is 13.8 Å². The Bertz CT molecular complexity index is 397. The average Bonchev–Trinajstić information content (AvgIpc) is 2.37. The molecule has 0 aliphatic carbocycles. The highest BCUT2D eigenvalue weighted by atomic mass is 28.4. The Morgan fingerprint density at radius 1 is 1.00 bits per heavy atom. The van der Waals surface area contributed by atoms with E-state index in [1.165, 1.54) is 0 Å². The summed E-state index contributed by atoms with van der Waals surface area (Å²) in [5.74, 6) is -2.82. The van der Waals surface area contributed by atoms with Crippen molar-refractivity contribution in [2.24, 2.45) is 0 Å². The monoisotopic (exact) mass is 276 g/mol. The topological polar surface area (TPSA) is 9.23 Å². The highest BCUT2D eigenvalue weighted by Gasteiger charge is 2.29. The SMILES string of the molecule is CC[Si](CC)(CCc1cc(F)c(F)cc1F)OC. The van der Waals surface area contributed by atoms with Gasteiger partial charge in [-0.2, -0.15) is 0 Å². The molecule has 0 atom stereocenters. The molecule has 0 radical (unpaired) electrons. The lowest BCUT2D eigenvalue weighted by molar-refractivity contribution is 0.391. The minimum absolute atomic E-state index is 0.227. The van der Waals surface area contributed by atoms with Crippen molar-refractivity contribution in [3.05, 3.63) is 35.1 Å². The molecule has 18 heavy (non-hydrogen) atoms. The van der Waals surface area contributed by atoms with Crippen LogP contribution in [0.2, 0.25) is 18.1 Å². The van der Waals surface area contributed by atoms with E-state index in [0.717, 1.165) is 24.2 Å². The van der Waals surface area contributed by atoms with Gasteiger partial charge < -0.3 is 4.43 Å². The van der Waals surface area contributed by atoms with E-state index in [4.69, 9.17) is 4.43 Å². The number of benzene rings is 1. The Labute approximate surface area is 107 Å². The summed E-state index contributed by atoms with van der Waals surface area (Å²) in [4.78, 5) is 0. The third-order valence-corrected chi connectivity index (χ3v) is 8.27. The second-order valence-electron chi connectivity index (χ2n) is 4.45. The van der Waals surface area contributed by atoms with Crippen LogP contribution >= 0.6 is 0 Å². The Balaban J connectivity index is 2.83. The van der Waals surface area contributed by atoms with E-state index in [-0.39, 0.29) is 5.56 Å². The lowest BCUT2D eigenvalue weighted by Gasteiger charge is -2.27. The summed E-state index contributed by atoms with van der Waals surface area (Å²) in [6.45, 7) is 4.11. The quantitative estimate of drug-likeness (QED) is 0.556. The van der Waals surface area contributed by atoms with Gasteiger partial charge in [0, 0.05) is 13.2 Å². The van der Waals surface area contributed by atoms with Gasteiger partial charge in [-0.15, -0.1) is 0 Å². The number of hydrogen-bond acceptors (Lipinski definition) is 1. The summed E-state index contributed by atoms with van der Waals surface area (Å²) in [7, 11) is -0.156. The van der Waals surface area contributed by atoms with Crippen molar-refractivity contribution in [2.75, 3.05) is 7.11 Å². The van der Waals surface area contributed by atoms with Gasteiger partial charge in [0.2, 0.25) is 0 Å². The number of aryl methyl sites for hydroxylation is 1. The predicted molar refractivity (Wildman–Crippen MR) is 68.6 cm³/mol. The van der Waals surface area contributed by atoms with Crippen molar-refractivity contribution in [3.8, 4) is 0 Å². The van der Waals surface area contributed by atoms with Crippen LogP contribution in [0.25, 0.3) is 0 Å². The molecule has 0 aromatic heterocycles. The van der Waals surface area contributed by atoms with Gasteiger partial charge in [-0.05, 0) is 36.2 Å². The molecule has 1 aromatic carbocycles. The molecule has 0 aliphatic heterocycles. The Morgan fingerprint density at radius 2 is 1.56 bits per heavy atom. The lowest BCUT2D eigenvalue weighted by atomic mass is 10.1. The molecule has 0 N–H and O–H groups in total. The highest BCUT2D eigenvalue weighted by molar-refractivity contribution is 6.73. The first kappa shape index (κ1) is 15.2. The van der Waals surface area contributed by atoms with Gasteiger partial charge in [-0.1, -0.05) is 13.8 Å². The van der Waals surface area contributed by atoms with Crippen LogP contribution in [0.3, 0.4) is 0 Å². The van der Waals surface area contributed by atoms with Crippen molar-refractivity contribution in [1.82, 2.24) is 0 Å². The third kappa shape index (κ3) is 3.35. The molecule has 0 amide bonds. The van der Waals surface area contributed by atoms with E-state index >= 15 is 0 Å². The molecule has 0 bridgehead atoms. The van der Waals surface area contributed by atoms with Crippen molar-refractivity contribution >= 4 is 8.32 Å². The summed E-state index contributed by atoms with van der Waals surface area (Å²) < 4.78 is 45.0. The van der Waals surface area contributed by atoms with Crippen molar-refractivity contribution < 1.29 is 17.6 Å². The molecule has 0 saturated carbocycles. The van der Waals surface area contributed by atoms with Gasteiger partial charge in [-0.3, -0.25) is 0 Å². The van der Waals surface area contributed by atoms with Crippen LogP contribution in [0.5, 0.6) is 0 Å². The molecule has 0 fully saturated rings. The van der Waals surface area contributed by atoms with E-state index in [9.17, 15) is 13.2 Å². The smallest absolute Gasteiger partial charge is 0.192 e. The Hall–Kier alpha value is -0.813. The maximum atomic E-state index is 13.5. The van der Waals surface area contributed by atoms with Crippen LogP contribution in [0.1, 0.15) is 19.4 Å². The van der Waals surface area contributed by atoms with Gasteiger partial charge in [0.1, 0.15) is 5.82 Å². The summed E-state index contributed by atoms with van der Waals surface area (Å²) in [6.07, 6.45) is 0.394. The fourth-order valence-electron chi connectivity index (χ4n) is 2.11. The fraction of sp³-hybridized carbons (Fsp3) is 0.538. The van der Waals surface area contributed by atoms with Crippen molar-refractivity contribution in [2.45, 2.75) is 38.4 Å². The minimum Gasteiger partial charge on any atom is -0.420 e. The molecule has 102 valence electrons. The molecule has 0 saturated heterocycles. The normalized spacial score (nSPS) is 11.9. The van der Waals surface area contributed by atoms with Crippen LogP contribution in [0, 0.1) is 17.5 Å². The van der Waals surface area contributed by atoms with Crippen LogP contribution in [0.15, 0.2) is 12.1 Å². The number of hydrogen-bond donors (Lipinski definition) is 0. The standard InChI is InChI=1S/C13H19F3OSi/c1-4-18(5-2,17-3)7-6-10-8-12(15)13(16)9-11(10)14/h8-9H,4-7H2,1-3H3. The predicted octanol–water partition coefficient (Wildman–Crippen LogP) is 4.28. The van der Waals surface area contributed by atoms with Crippen LogP contribution in [0.4, 0.5) is 13.2 Å². The molecule has 5 heteroatoms. The minimum atomic E-state index is -1.84. The van der Waals surface area contributed by atoms with Gasteiger partial charge in [0.05, 0.1) is 0 Å². The second-order valence-corrected chi connectivity index (χ2v) is 9.14. The van der Waals surface area contributed by atoms with Crippen molar-refractivity contribution in [1.29, 1.82) is 0 Å². The van der Waals surface area contributed by atoms with Gasteiger partial charge in [0.25, 0.3) is 0 Å². The molecule has 1 rings (SSSR count). The van der Waals surface area contributed by atoms with E-state index < -0.39 is 25.8 Å². The van der Waals surface area contributed by atoms with Crippen LogP contribution < -0.4 is 0 Å². The summed E-state index contributed by atoms with van der Waals surface area (Å²) in [6, 6.07) is 4.15. The molecular weight excluding hydrogens is 257 g/mol. The fourth-order valence-corrected chi connectivity index (χ4v) is 4.83. The largest absolute Gasteiger partial charge is 0.420 e. The molecule has 0 heterocycles. The second kappa shape index (κ2) is 6.38. The Kier molecular flexibility index (Phi) is 5.41. The van der Waals surface area contributed by atoms with Crippen LogP contribution in [-0.2, 0) is 10.8 Å². The third-order valence-electron chi connectivity index (χ3n) is 3.66. The molecule has 1 aromatic rings. The zero-order valence-corrected chi connectivity index (χ0v) is 12.0. The summed E-state index contributed by atoms with van der Waals surface area (Å²) in [5.41, 5.74) is 0.227. The zero-order chi connectivity index (χ0) is 13.8. The number of halogens is 3. The maximum Gasteiger partial charge on any atom is 0.192 e. The molecule has 0 spiro atoms. The van der Waals surface area contributed by atoms with Crippen LogP contribution in [-0.4, -0.2) is 15.4 Å². The average molecular weight is 276 g/mol. The van der Waals surface area contributed by atoms with Gasteiger partial charge in [0.15, 0.2) is 20.0 Å². The lowest BCUT2D eigenvalue weighted by Crippen LogP contribution is -2.35. The highest BCUT2D eigenvalue weighted by Crippen LogP contribution is 2.25. The maximum absolute atomic E-state index is 13.5. The molecule has 1 nitrogen and oxygen atoms in total. The van der Waals surface area contributed by atoms with E-state index in [1.807, 2.05) is 0 Å². The van der Waals surface area contributed by atoms with E-state index in [1.54, 1.807) is 7.11 Å². The van der Waals surface area contributed by atoms with Gasteiger partial charge >= 0.3 is 0 Å². The van der Waals surface area contributed by atoms with Crippen molar-refractivity contribution in [3.63, 3.8) is 0 Å². The Morgan fingerprint density at radius 3 is 2.06 bits per heavy atom. The number of rotatable bonds is 6. The van der Waals surface area contributed by atoms with Gasteiger partial charge in [-0.25, -0.2) is 13.2 Å².